The zero-order chi connectivity index (χ0) is 16.8. The van der Waals surface area contributed by atoms with E-state index in [2.05, 4.69) is 5.32 Å². The first-order valence-corrected chi connectivity index (χ1v) is 7.31. The number of amides is 1. The number of rotatable bonds is 6. The zero-order valence-electron chi connectivity index (χ0n) is 12.8. The molecule has 6 heteroatoms. The lowest BCUT2D eigenvalue weighted by Crippen LogP contribution is -2.40. The predicted molar refractivity (Wildman–Crippen MR) is 88.0 cm³/mol. The van der Waals surface area contributed by atoms with Crippen molar-refractivity contribution in [1.82, 2.24) is 5.32 Å². The molecule has 3 N–H and O–H groups in total. The van der Waals surface area contributed by atoms with E-state index in [0.29, 0.717) is 0 Å². The van der Waals surface area contributed by atoms with Gasteiger partial charge in [0.2, 0.25) is 5.91 Å². The average Bonchev–Trinajstić information content (AvgIpc) is 2.56. The molecule has 0 aliphatic carbocycles. The molecule has 0 radical (unpaired) electrons. The highest BCUT2D eigenvalue weighted by Gasteiger charge is 2.24. The number of nitrogens with one attached hydrogen (secondary N) is 1. The van der Waals surface area contributed by atoms with Gasteiger partial charge in [0.25, 0.3) is 5.69 Å². The Labute approximate surface area is 134 Å². The fourth-order valence-electron chi connectivity index (χ4n) is 2.66. The molecule has 2 aromatic rings. The molecule has 23 heavy (non-hydrogen) atoms. The van der Waals surface area contributed by atoms with Gasteiger partial charge in [-0.15, -0.1) is 0 Å². The van der Waals surface area contributed by atoms with Crippen LogP contribution >= 0.6 is 0 Å². The van der Waals surface area contributed by atoms with Gasteiger partial charge in [0, 0.05) is 24.1 Å². The van der Waals surface area contributed by atoms with E-state index < -0.39 is 4.92 Å². The summed E-state index contributed by atoms with van der Waals surface area (Å²) in [5, 5.41) is 13.9. The first kappa shape index (κ1) is 16.6. The second kappa shape index (κ2) is 7.51. The number of nitro groups is 1. The lowest BCUT2D eigenvalue weighted by Gasteiger charge is -2.26. The van der Waals surface area contributed by atoms with Gasteiger partial charge in [-0.25, -0.2) is 0 Å². The number of carbonyl (C=O) groups is 1. The summed E-state index contributed by atoms with van der Waals surface area (Å²) < 4.78 is 0. The van der Waals surface area contributed by atoms with Crippen molar-refractivity contribution in [3.05, 3.63) is 75.8 Å². The van der Waals surface area contributed by atoms with E-state index >= 15 is 0 Å². The highest BCUT2D eigenvalue weighted by atomic mass is 16.6. The molecule has 120 valence electrons. The standard InChI is InChI=1S/C17H19N3O3/c1-12(19-16(21)11-18)17(13-6-3-2-4-7-13)14-8-5-9-15(10-14)20(22)23/h2-10,12,17H,11,18H2,1H3,(H,19,21). The van der Waals surface area contributed by atoms with E-state index in [4.69, 9.17) is 5.73 Å². The van der Waals surface area contributed by atoms with Crippen LogP contribution in [0.1, 0.15) is 24.0 Å². The number of nitro benzene ring substituents is 1. The Morgan fingerprint density at radius 3 is 2.43 bits per heavy atom. The fraction of sp³-hybridized carbons (Fsp3) is 0.235. The van der Waals surface area contributed by atoms with Crippen LogP contribution in [0, 0.1) is 10.1 Å². The average molecular weight is 313 g/mol. The third kappa shape index (κ3) is 4.14. The lowest BCUT2D eigenvalue weighted by atomic mass is 9.85. The molecule has 0 saturated heterocycles. The van der Waals surface area contributed by atoms with Gasteiger partial charge in [0.05, 0.1) is 11.5 Å². The molecule has 0 saturated carbocycles. The third-order valence-electron chi connectivity index (χ3n) is 3.67. The van der Waals surface area contributed by atoms with E-state index in [1.54, 1.807) is 12.1 Å². The molecule has 2 unspecified atom stereocenters. The van der Waals surface area contributed by atoms with Crippen molar-refractivity contribution in [3.63, 3.8) is 0 Å². The molecule has 2 rings (SSSR count). The predicted octanol–water partition coefficient (Wildman–Crippen LogP) is 2.19. The second-order valence-electron chi connectivity index (χ2n) is 5.30. The molecule has 0 aliphatic rings. The zero-order valence-corrected chi connectivity index (χ0v) is 12.8. The molecule has 0 fully saturated rings. The van der Waals surface area contributed by atoms with E-state index in [9.17, 15) is 14.9 Å². The van der Waals surface area contributed by atoms with Crippen molar-refractivity contribution < 1.29 is 9.72 Å². The van der Waals surface area contributed by atoms with Gasteiger partial charge in [-0.2, -0.15) is 0 Å². The third-order valence-corrected chi connectivity index (χ3v) is 3.67. The normalized spacial score (nSPS) is 13.1. The minimum atomic E-state index is -0.422. The molecule has 2 atom stereocenters. The van der Waals surface area contributed by atoms with Crippen LogP contribution in [0.15, 0.2) is 54.6 Å². The van der Waals surface area contributed by atoms with Crippen molar-refractivity contribution in [3.8, 4) is 0 Å². The van der Waals surface area contributed by atoms with Crippen molar-refractivity contribution in [2.45, 2.75) is 18.9 Å². The molecule has 0 spiro atoms. The molecular weight excluding hydrogens is 294 g/mol. The van der Waals surface area contributed by atoms with Crippen LogP contribution in [0.3, 0.4) is 0 Å². The first-order chi connectivity index (χ1) is 11.0. The minimum Gasteiger partial charge on any atom is -0.352 e. The summed E-state index contributed by atoms with van der Waals surface area (Å²) in [5.74, 6) is -0.463. The molecular formula is C17H19N3O3. The Bertz CT molecular complexity index is 688. The SMILES string of the molecule is CC(NC(=O)CN)C(c1ccccc1)c1cccc([N+](=O)[O-])c1. The summed E-state index contributed by atoms with van der Waals surface area (Å²) in [4.78, 5) is 22.2. The highest BCUT2D eigenvalue weighted by molar-refractivity contribution is 5.78. The molecule has 0 heterocycles. The fourth-order valence-corrected chi connectivity index (χ4v) is 2.66. The molecule has 0 aromatic heterocycles. The van der Waals surface area contributed by atoms with Gasteiger partial charge in [0.1, 0.15) is 0 Å². The van der Waals surface area contributed by atoms with E-state index in [1.807, 2.05) is 43.3 Å². The van der Waals surface area contributed by atoms with Gasteiger partial charge in [-0.1, -0.05) is 42.5 Å². The summed E-state index contributed by atoms with van der Waals surface area (Å²) >= 11 is 0. The van der Waals surface area contributed by atoms with E-state index in [-0.39, 0.29) is 30.1 Å². The second-order valence-corrected chi connectivity index (χ2v) is 5.30. The Balaban J connectivity index is 2.43. The Hall–Kier alpha value is -2.73. The lowest BCUT2D eigenvalue weighted by molar-refractivity contribution is -0.384. The summed E-state index contributed by atoms with van der Waals surface area (Å²) in [6.45, 7) is 1.77. The monoisotopic (exact) mass is 313 g/mol. The Morgan fingerprint density at radius 1 is 1.17 bits per heavy atom. The summed E-state index contributed by atoms with van der Waals surface area (Å²) in [6.07, 6.45) is 0. The van der Waals surface area contributed by atoms with Crippen LogP contribution in [0.2, 0.25) is 0 Å². The number of hydrogen-bond acceptors (Lipinski definition) is 4. The van der Waals surface area contributed by atoms with Gasteiger partial charge in [-0.05, 0) is 18.1 Å². The van der Waals surface area contributed by atoms with Crippen LogP contribution in [0.4, 0.5) is 5.69 Å². The van der Waals surface area contributed by atoms with Crippen molar-refractivity contribution in [1.29, 1.82) is 0 Å². The van der Waals surface area contributed by atoms with Crippen LogP contribution in [-0.4, -0.2) is 23.4 Å². The number of carbonyl (C=O) groups excluding carboxylic acids is 1. The van der Waals surface area contributed by atoms with Gasteiger partial charge >= 0.3 is 0 Å². The maximum atomic E-state index is 11.6. The maximum absolute atomic E-state index is 11.6. The highest BCUT2D eigenvalue weighted by Crippen LogP contribution is 2.30. The smallest absolute Gasteiger partial charge is 0.269 e. The quantitative estimate of drug-likeness (QED) is 0.631. The largest absolute Gasteiger partial charge is 0.352 e. The maximum Gasteiger partial charge on any atom is 0.269 e. The molecule has 1 amide bonds. The number of hydrogen-bond donors (Lipinski definition) is 2. The van der Waals surface area contributed by atoms with Gasteiger partial charge in [-0.3, -0.25) is 14.9 Å². The number of nitrogens with two attached hydrogens (primary N) is 1. The van der Waals surface area contributed by atoms with Crippen LogP contribution in [0.25, 0.3) is 0 Å². The van der Waals surface area contributed by atoms with Crippen molar-refractivity contribution >= 4 is 11.6 Å². The molecule has 6 nitrogen and oxygen atoms in total. The van der Waals surface area contributed by atoms with Crippen LogP contribution in [-0.2, 0) is 4.79 Å². The van der Waals surface area contributed by atoms with Gasteiger partial charge < -0.3 is 11.1 Å². The first-order valence-electron chi connectivity index (χ1n) is 7.31. The van der Waals surface area contributed by atoms with E-state index in [1.165, 1.54) is 6.07 Å². The summed E-state index contributed by atoms with van der Waals surface area (Å²) in [5.41, 5.74) is 7.13. The van der Waals surface area contributed by atoms with Crippen molar-refractivity contribution in [2.24, 2.45) is 5.73 Å². The minimum absolute atomic E-state index is 0.0285. The van der Waals surface area contributed by atoms with Crippen LogP contribution < -0.4 is 11.1 Å². The molecule has 2 aromatic carbocycles. The topological polar surface area (TPSA) is 98.3 Å². The van der Waals surface area contributed by atoms with E-state index in [0.717, 1.165) is 11.1 Å². The Morgan fingerprint density at radius 2 is 1.83 bits per heavy atom. The number of nitrogens with zero attached hydrogens (tertiary/aromatic N) is 1. The van der Waals surface area contributed by atoms with Gasteiger partial charge in [0.15, 0.2) is 0 Å². The summed E-state index contributed by atoms with van der Waals surface area (Å²) in [6, 6.07) is 15.8. The molecule has 0 bridgehead atoms. The van der Waals surface area contributed by atoms with Crippen LogP contribution in [0.5, 0.6) is 0 Å². The Kier molecular flexibility index (Phi) is 5.43. The summed E-state index contributed by atoms with van der Waals surface area (Å²) in [7, 11) is 0. The number of non-ortho nitro benzene ring substituents is 1. The number of benzene rings is 2. The molecule has 0 aliphatic heterocycles. The van der Waals surface area contributed by atoms with Crippen molar-refractivity contribution in [2.75, 3.05) is 6.54 Å².